The predicted molar refractivity (Wildman–Crippen MR) is 37.5 cm³/mol. The topological polar surface area (TPSA) is 23.5 Å². The molecule has 1 aliphatic heterocycles. The number of alkyl halides is 1. The SMILES string of the molecule is OC(CCl)N1CCCC1. The van der Waals surface area contributed by atoms with Gasteiger partial charge < -0.3 is 5.11 Å². The van der Waals surface area contributed by atoms with Gasteiger partial charge in [0, 0.05) is 13.1 Å². The third-order valence-electron chi connectivity index (χ3n) is 1.70. The summed E-state index contributed by atoms with van der Waals surface area (Å²) in [4.78, 5) is 2.01. The second kappa shape index (κ2) is 3.40. The molecule has 1 rings (SSSR count). The molecule has 0 bridgehead atoms. The molecule has 0 amide bonds. The summed E-state index contributed by atoms with van der Waals surface area (Å²) in [5.41, 5.74) is 0. The number of hydrogen-bond acceptors (Lipinski definition) is 2. The first-order valence-corrected chi connectivity index (χ1v) is 3.86. The highest BCUT2D eigenvalue weighted by molar-refractivity contribution is 6.18. The normalized spacial score (nSPS) is 24.7. The highest BCUT2D eigenvalue weighted by Gasteiger charge is 2.17. The fraction of sp³-hybridized carbons (Fsp3) is 1.00. The Hall–Kier alpha value is 0.210. The van der Waals surface area contributed by atoms with E-state index in [-0.39, 0.29) is 0 Å². The minimum absolute atomic E-state index is 0.333. The molecule has 0 spiro atoms. The van der Waals surface area contributed by atoms with Gasteiger partial charge in [-0.05, 0) is 12.8 Å². The molecule has 0 saturated carbocycles. The summed E-state index contributed by atoms with van der Waals surface area (Å²) in [6.07, 6.45) is 2.00. The molecular weight excluding hydrogens is 138 g/mol. The van der Waals surface area contributed by atoms with Crippen LogP contribution in [0.25, 0.3) is 0 Å². The average Bonchev–Trinajstić information content (AvgIpc) is 2.37. The molecule has 54 valence electrons. The molecule has 0 aliphatic carbocycles. The number of nitrogens with zero attached hydrogens (tertiary/aromatic N) is 1. The van der Waals surface area contributed by atoms with E-state index in [4.69, 9.17) is 16.7 Å². The maximum absolute atomic E-state index is 9.15. The highest BCUT2D eigenvalue weighted by atomic mass is 35.5. The number of aliphatic hydroxyl groups is 1. The van der Waals surface area contributed by atoms with Crippen molar-refractivity contribution in [2.45, 2.75) is 19.1 Å². The van der Waals surface area contributed by atoms with Gasteiger partial charge >= 0.3 is 0 Å². The number of rotatable bonds is 2. The van der Waals surface area contributed by atoms with Crippen molar-refractivity contribution in [3.05, 3.63) is 0 Å². The second-order valence-electron chi connectivity index (χ2n) is 2.38. The highest BCUT2D eigenvalue weighted by Crippen LogP contribution is 2.10. The Balaban J connectivity index is 2.24. The Morgan fingerprint density at radius 2 is 2.00 bits per heavy atom. The van der Waals surface area contributed by atoms with Crippen LogP contribution < -0.4 is 0 Å². The fourth-order valence-corrected chi connectivity index (χ4v) is 1.33. The summed E-state index contributed by atoms with van der Waals surface area (Å²) >= 11 is 5.44. The lowest BCUT2D eigenvalue weighted by Gasteiger charge is -2.19. The summed E-state index contributed by atoms with van der Waals surface area (Å²) in [6.45, 7) is 2.02. The number of halogens is 1. The van der Waals surface area contributed by atoms with E-state index in [1.165, 1.54) is 12.8 Å². The van der Waals surface area contributed by atoms with Crippen LogP contribution in [-0.4, -0.2) is 35.2 Å². The summed E-state index contributed by atoms with van der Waals surface area (Å²) in [5.74, 6) is 0.333. The van der Waals surface area contributed by atoms with Crippen molar-refractivity contribution in [3.63, 3.8) is 0 Å². The fourth-order valence-electron chi connectivity index (χ4n) is 1.14. The van der Waals surface area contributed by atoms with E-state index in [1.807, 2.05) is 4.90 Å². The largest absolute Gasteiger partial charge is 0.377 e. The second-order valence-corrected chi connectivity index (χ2v) is 2.69. The molecule has 1 saturated heterocycles. The molecule has 1 heterocycles. The summed E-state index contributed by atoms with van der Waals surface area (Å²) in [6, 6.07) is 0. The third kappa shape index (κ3) is 1.81. The van der Waals surface area contributed by atoms with E-state index in [2.05, 4.69) is 0 Å². The molecule has 0 radical (unpaired) electrons. The van der Waals surface area contributed by atoms with E-state index in [0.29, 0.717) is 5.88 Å². The van der Waals surface area contributed by atoms with Crippen molar-refractivity contribution in [2.24, 2.45) is 0 Å². The van der Waals surface area contributed by atoms with Crippen molar-refractivity contribution < 1.29 is 5.11 Å². The van der Waals surface area contributed by atoms with Crippen LogP contribution in [-0.2, 0) is 0 Å². The molecule has 1 atom stereocenters. The van der Waals surface area contributed by atoms with Crippen molar-refractivity contribution in [1.29, 1.82) is 0 Å². The molecule has 1 N–H and O–H groups in total. The standard InChI is InChI=1S/C6H12ClNO/c7-5-6(9)8-3-1-2-4-8/h6,9H,1-5H2. The van der Waals surface area contributed by atoms with Gasteiger partial charge in [-0.25, -0.2) is 0 Å². The van der Waals surface area contributed by atoms with E-state index in [9.17, 15) is 0 Å². The lowest BCUT2D eigenvalue weighted by molar-refractivity contribution is 0.0398. The van der Waals surface area contributed by atoms with Crippen molar-refractivity contribution in [2.75, 3.05) is 19.0 Å². The quantitative estimate of drug-likeness (QED) is 0.583. The van der Waals surface area contributed by atoms with Crippen LogP contribution in [0.15, 0.2) is 0 Å². The van der Waals surface area contributed by atoms with Gasteiger partial charge in [-0.2, -0.15) is 0 Å². The van der Waals surface area contributed by atoms with Gasteiger partial charge in [-0.3, -0.25) is 4.90 Å². The first-order chi connectivity index (χ1) is 4.34. The molecule has 3 heteroatoms. The van der Waals surface area contributed by atoms with E-state index >= 15 is 0 Å². The number of hydrogen-bond donors (Lipinski definition) is 1. The lowest BCUT2D eigenvalue weighted by Crippen LogP contribution is -2.33. The molecule has 1 aliphatic rings. The minimum atomic E-state index is -0.408. The van der Waals surface area contributed by atoms with Gasteiger partial charge in [0.1, 0.15) is 6.23 Å². The summed E-state index contributed by atoms with van der Waals surface area (Å²) in [5, 5.41) is 9.15. The van der Waals surface area contributed by atoms with E-state index in [0.717, 1.165) is 13.1 Å². The molecular formula is C6H12ClNO. The first-order valence-electron chi connectivity index (χ1n) is 3.32. The lowest BCUT2D eigenvalue weighted by atomic mass is 10.4. The molecule has 0 aromatic rings. The maximum atomic E-state index is 9.15. The van der Waals surface area contributed by atoms with Crippen LogP contribution in [0.1, 0.15) is 12.8 Å². The number of likely N-dealkylation sites (tertiary alicyclic amines) is 1. The van der Waals surface area contributed by atoms with Crippen molar-refractivity contribution >= 4 is 11.6 Å². The van der Waals surface area contributed by atoms with Gasteiger partial charge in [0.05, 0.1) is 5.88 Å². The zero-order valence-electron chi connectivity index (χ0n) is 5.39. The molecule has 9 heavy (non-hydrogen) atoms. The van der Waals surface area contributed by atoms with Crippen LogP contribution in [0.3, 0.4) is 0 Å². The Labute approximate surface area is 60.4 Å². The van der Waals surface area contributed by atoms with Crippen molar-refractivity contribution in [1.82, 2.24) is 4.90 Å². The van der Waals surface area contributed by atoms with E-state index in [1.54, 1.807) is 0 Å². The smallest absolute Gasteiger partial charge is 0.121 e. The summed E-state index contributed by atoms with van der Waals surface area (Å²) in [7, 11) is 0. The van der Waals surface area contributed by atoms with Crippen LogP contribution in [0.4, 0.5) is 0 Å². The zero-order valence-corrected chi connectivity index (χ0v) is 6.14. The van der Waals surface area contributed by atoms with Gasteiger partial charge in [0.25, 0.3) is 0 Å². The summed E-state index contributed by atoms with van der Waals surface area (Å²) < 4.78 is 0. The van der Waals surface area contributed by atoms with Crippen LogP contribution in [0.2, 0.25) is 0 Å². The van der Waals surface area contributed by atoms with Gasteiger partial charge in [0.15, 0.2) is 0 Å². The zero-order chi connectivity index (χ0) is 6.69. The number of aliphatic hydroxyl groups excluding tert-OH is 1. The molecule has 1 unspecified atom stereocenters. The van der Waals surface area contributed by atoms with Gasteiger partial charge in [-0.15, -0.1) is 11.6 Å². The van der Waals surface area contributed by atoms with Crippen LogP contribution in [0.5, 0.6) is 0 Å². The molecule has 1 fully saturated rings. The Morgan fingerprint density at radius 1 is 1.44 bits per heavy atom. The Bertz CT molecular complexity index is 83.1. The third-order valence-corrected chi connectivity index (χ3v) is 1.98. The Kier molecular flexibility index (Phi) is 2.76. The minimum Gasteiger partial charge on any atom is -0.377 e. The predicted octanol–water partition coefficient (Wildman–Crippen LogP) is 0.639. The van der Waals surface area contributed by atoms with Gasteiger partial charge in [0.2, 0.25) is 0 Å². The van der Waals surface area contributed by atoms with Crippen molar-refractivity contribution in [3.8, 4) is 0 Å². The van der Waals surface area contributed by atoms with Crippen LogP contribution in [0, 0.1) is 0 Å². The maximum Gasteiger partial charge on any atom is 0.121 e. The monoisotopic (exact) mass is 149 g/mol. The molecule has 0 aromatic carbocycles. The average molecular weight is 150 g/mol. The molecule has 2 nitrogen and oxygen atoms in total. The molecule has 0 aromatic heterocycles. The van der Waals surface area contributed by atoms with Gasteiger partial charge in [-0.1, -0.05) is 0 Å². The van der Waals surface area contributed by atoms with E-state index < -0.39 is 6.23 Å². The first kappa shape index (κ1) is 7.32. The Morgan fingerprint density at radius 3 is 2.44 bits per heavy atom. The van der Waals surface area contributed by atoms with Crippen LogP contribution >= 0.6 is 11.6 Å².